The number of halogens is 1. The summed E-state index contributed by atoms with van der Waals surface area (Å²) in [5.41, 5.74) is 2.31. The molecule has 0 bridgehead atoms. The highest BCUT2D eigenvalue weighted by atomic mass is 79.9. The molecule has 20 heavy (non-hydrogen) atoms. The second kappa shape index (κ2) is 5.75. The van der Waals surface area contributed by atoms with Gasteiger partial charge in [-0.2, -0.15) is 0 Å². The number of nitrogens with one attached hydrogen (secondary N) is 1. The summed E-state index contributed by atoms with van der Waals surface area (Å²) in [5.74, 6) is 1.85. The summed E-state index contributed by atoms with van der Waals surface area (Å²) >= 11 is 3.49. The number of benzene rings is 2. The molecule has 3 nitrogen and oxygen atoms in total. The van der Waals surface area contributed by atoms with E-state index in [1.165, 1.54) is 5.56 Å². The lowest BCUT2D eigenvalue weighted by Gasteiger charge is -2.13. The van der Waals surface area contributed by atoms with Gasteiger partial charge in [-0.15, -0.1) is 0 Å². The van der Waals surface area contributed by atoms with E-state index in [2.05, 4.69) is 27.3 Å². The molecule has 0 spiro atoms. The fourth-order valence-electron chi connectivity index (χ4n) is 2.37. The molecule has 1 aliphatic heterocycles. The Hall–Kier alpha value is -1.68. The van der Waals surface area contributed by atoms with Crippen molar-refractivity contribution in [2.24, 2.45) is 0 Å². The van der Waals surface area contributed by atoms with Crippen LogP contribution in [0.4, 0.5) is 5.69 Å². The third-order valence-electron chi connectivity index (χ3n) is 3.37. The van der Waals surface area contributed by atoms with Crippen LogP contribution < -0.4 is 14.8 Å². The van der Waals surface area contributed by atoms with Crippen molar-refractivity contribution in [2.45, 2.75) is 12.5 Å². The quantitative estimate of drug-likeness (QED) is 0.921. The van der Waals surface area contributed by atoms with E-state index < -0.39 is 0 Å². The Labute approximate surface area is 127 Å². The predicted molar refractivity (Wildman–Crippen MR) is 83.7 cm³/mol. The van der Waals surface area contributed by atoms with E-state index in [1.54, 1.807) is 7.11 Å². The first kappa shape index (κ1) is 13.3. The van der Waals surface area contributed by atoms with Crippen LogP contribution in [0.1, 0.15) is 5.56 Å². The van der Waals surface area contributed by atoms with Crippen LogP contribution in [-0.2, 0) is 6.42 Å². The molecule has 3 rings (SSSR count). The maximum atomic E-state index is 5.93. The average Bonchev–Trinajstić information content (AvgIpc) is 2.87. The third kappa shape index (κ3) is 2.90. The van der Waals surface area contributed by atoms with E-state index >= 15 is 0 Å². The molecule has 0 radical (unpaired) electrons. The molecule has 0 fully saturated rings. The van der Waals surface area contributed by atoms with Crippen molar-refractivity contribution in [1.29, 1.82) is 0 Å². The molecule has 1 aliphatic rings. The Kier molecular flexibility index (Phi) is 3.83. The van der Waals surface area contributed by atoms with Crippen LogP contribution in [0.2, 0.25) is 0 Å². The Morgan fingerprint density at radius 1 is 1.30 bits per heavy atom. The molecule has 1 unspecified atom stereocenters. The van der Waals surface area contributed by atoms with E-state index in [1.807, 2.05) is 36.4 Å². The van der Waals surface area contributed by atoms with Crippen LogP contribution in [0.3, 0.4) is 0 Å². The van der Waals surface area contributed by atoms with E-state index in [0.29, 0.717) is 0 Å². The van der Waals surface area contributed by atoms with Crippen LogP contribution in [0.25, 0.3) is 0 Å². The van der Waals surface area contributed by atoms with Crippen molar-refractivity contribution >= 4 is 21.6 Å². The first-order valence-corrected chi connectivity index (χ1v) is 7.37. The second-order valence-electron chi connectivity index (χ2n) is 4.81. The number of methoxy groups -OCH3 is 1. The predicted octanol–water partition coefficient (Wildman–Crippen LogP) is 3.87. The minimum atomic E-state index is 0.172. The maximum absolute atomic E-state index is 5.93. The van der Waals surface area contributed by atoms with Crippen molar-refractivity contribution in [3.63, 3.8) is 0 Å². The van der Waals surface area contributed by atoms with Gasteiger partial charge in [0.1, 0.15) is 17.6 Å². The summed E-state index contributed by atoms with van der Waals surface area (Å²) in [6.07, 6.45) is 1.11. The molecule has 1 heterocycles. The largest absolute Gasteiger partial charge is 0.497 e. The average molecular weight is 334 g/mol. The highest BCUT2D eigenvalue weighted by molar-refractivity contribution is 9.10. The molecular formula is C16H16BrNO2. The fraction of sp³-hybridized carbons (Fsp3) is 0.250. The molecule has 0 saturated carbocycles. The summed E-state index contributed by atoms with van der Waals surface area (Å²) in [5, 5.41) is 3.39. The zero-order valence-electron chi connectivity index (χ0n) is 11.2. The molecule has 2 aromatic carbocycles. The van der Waals surface area contributed by atoms with Crippen molar-refractivity contribution in [3.05, 3.63) is 52.5 Å². The minimum Gasteiger partial charge on any atom is -0.497 e. The SMILES string of the molecule is COc1cccc(NCC2Cc3cc(Br)ccc3O2)c1. The lowest BCUT2D eigenvalue weighted by Crippen LogP contribution is -2.23. The summed E-state index contributed by atoms with van der Waals surface area (Å²) < 4.78 is 12.2. The maximum Gasteiger partial charge on any atom is 0.123 e. The summed E-state index contributed by atoms with van der Waals surface area (Å²) in [4.78, 5) is 0. The molecule has 0 saturated heterocycles. The summed E-state index contributed by atoms with van der Waals surface area (Å²) in [7, 11) is 1.67. The van der Waals surface area contributed by atoms with Crippen LogP contribution in [0.5, 0.6) is 11.5 Å². The van der Waals surface area contributed by atoms with E-state index in [-0.39, 0.29) is 6.10 Å². The van der Waals surface area contributed by atoms with Gasteiger partial charge in [-0.1, -0.05) is 22.0 Å². The first-order chi connectivity index (χ1) is 9.74. The first-order valence-electron chi connectivity index (χ1n) is 6.57. The highest BCUT2D eigenvalue weighted by Gasteiger charge is 2.22. The molecule has 1 atom stereocenters. The molecule has 1 N–H and O–H groups in total. The van der Waals surface area contributed by atoms with Gasteiger partial charge in [-0.25, -0.2) is 0 Å². The highest BCUT2D eigenvalue weighted by Crippen LogP contribution is 2.31. The number of rotatable bonds is 4. The van der Waals surface area contributed by atoms with Crippen molar-refractivity contribution < 1.29 is 9.47 Å². The molecule has 104 valence electrons. The normalized spacial score (nSPS) is 16.4. The standard InChI is InChI=1S/C16H16BrNO2/c1-19-14-4-2-3-13(9-14)18-10-15-8-11-7-12(17)5-6-16(11)20-15/h2-7,9,15,18H,8,10H2,1H3. The van der Waals surface area contributed by atoms with Crippen molar-refractivity contribution in [1.82, 2.24) is 0 Å². The summed E-state index contributed by atoms with van der Waals surface area (Å²) in [6, 6.07) is 14.1. The van der Waals surface area contributed by atoms with Gasteiger partial charge < -0.3 is 14.8 Å². The number of anilines is 1. The third-order valence-corrected chi connectivity index (χ3v) is 3.86. The molecule has 0 aliphatic carbocycles. The van der Waals surface area contributed by atoms with Crippen LogP contribution in [0, 0.1) is 0 Å². The zero-order chi connectivity index (χ0) is 13.9. The Morgan fingerprint density at radius 3 is 3.05 bits per heavy atom. The Morgan fingerprint density at radius 2 is 2.20 bits per heavy atom. The lowest BCUT2D eigenvalue weighted by atomic mass is 10.1. The van der Waals surface area contributed by atoms with Gasteiger partial charge in [0.05, 0.1) is 13.7 Å². The smallest absolute Gasteiger partial charge is 0.123 e. The summed E-state index contributed by atoms with van der Waals surface area (Å²) in [6.45, 7) is 0.777. The monoisotopic (exact) mass is 333 g/mol. The van der Waals surface area contributed by atoms with Gasteiger partial charge in [-0.3, -0.25) is 0 Å². The fourth-order valence-corrected chi connectivity index (χ4v) is 2.78. The molecule has 0 aromatic heterocycles. The van der Waals surface area contributed by atoms with Gasteiger partial charge in [-0.05, 0) is 35.9 Å². The van der Waals surface area contributed by atoms with Gasteiger partial charge in [0.2, 0.25) is 0 Å². The number of hydrogen-bond donors (Lipinski definition) is 1. The number of fused-ring (bicyclic) bond motifs is 1. The second-order valence-corrected chi connectivity index (χ2v) is 5.72. The van der Waals surface area contributed by atoms with Gasteiger partial charge in [0.25, 0.3) is 0 Å². The molecule has 2 aromatic rings. The van der Waals surface area contributed by atoms with E-state index in [0.717, 1.165) is 34.6 Å². The number of ether oxygens (including phenoxy) is 2. The van der Waals surface area contributed by atoms with Crippen LogP contribution in [-0.4, -0.2) is 19.8 Å². The van der Waals surface area contributed by atoms with E-state index in [4.69, 9.17) is 9.47 Å². The van der Waals surface area contributed by atoms with Crippen molar-refractivity contribution in [3.8, 4) is 11.5 Å². The Balaban J connectivity index is 1.60. The van der Waals surface area contributed by atoms with Gasteiger partial charge in [0, 0.05) is 22.6 Å². The van der Waals surface area contributed by atoms with Crippen LogP contribution in [0.15, 0.2) is 46.9 Å². The molecule has 0 amide bonds. The Bertz CT molecular complexity index is 615. The van der Waals surface area contributed by atoms with Crippen molar-refractivity contribution in [2.75, 3.05) is 19.0 Å². The van der Waals surface area contributed by atoms with E-state index in [9.17, 15) is 0 Å². The molecular weight excluding hydrogens is 318 g/mol. The van der Waals surface area contributed by atoms with Gasteiger partial charge >= 0.3 is 0 Å². The minimum absolute atomic E-state index is 0.172. The zero-order valence-corrected chi connectivity index (χ0v) is 12.8. The van der Waals surface area contributed by atoms with Gasteiger partial charge in [0.15, 0.2) is 0 Å². The topological polar surface area (TPSA) is 30.5 Å². The molecule has 4 heteroatoms. The van der Waals surface area contributed by atoms with Crippen LogP contribution >= 0.6 is 15.9 Å². The lowest BCUT2D eigenvalue weighted by molar-refractivity contribution is 0.246. The number of hydrogen-bond acceptors (Lipinski definition) is 3.